The van der Waals surface area contributed by atoms with Crippen molar-refractivity contribution in [3.63, 3.8) is 0 Å². The number of hydrogen-bond donors (Lipinski definition) is 2. The van der Waals surface area contributed by atoms with E-state index < -0.39 is 0 Å². The molecule has 164 valence electrons. The highest BCUT2D eigenvalue weighted by Gasteiger charge is 2.24. The summed E-state index contributed by atoms with van der Waals surface area (Å²) in [5.74, 6) is 0.307. The number of likely N-dealkylation sites (tertiary alicyclic amines) is 1. The lowest BCUT2D eigenvalue weighted by molar-refractivity contribution is -0.134. The van der Waals surface area contributed by atoms with Crippen molar-refractivity contribution in [1.29, 1.82) is 0 Å². The molecule has 0 unspecified atom stereocenters. The number of anilines is 1. The lowest BCUT2D eigenvalue weighted by Gasteiger charge is -2.32. The summed E-state index contributed by atoms with van der Waals surface area (Å²) < 4.78 is 5.70. The number of benzene rings is 2. The van der Waals surface area contributed by atoms with Crippen LogP contribution in [0.2, 0.25) is 0 Å². The lowest BCUT2D eigenvalue weighted by Crippen LogP contribution is -2.47. The zero-order chi connectivity index (χ0) is 22.4. The van der Waals surface area contributed by atoms with Gasteiger partial charge < -0.3 is 20.3 Å². The number of aryl methyl sites for hydroxylation is 2. The molecule has 31 heavy (non-hydrogen) atoms. The van der Waals surface area contributed by atoms with Gasteiger partial charge in [0.2, 0.25) is 5.91 Å². The molecule has 7 heteroatoms. The van der Waals surface area contributed by atoms with Crippen LogP contribution >= 0.6 is 0 Å². The van der Waals surface area contributed by atoms with Gasteiger partial charge in [-0.05, 0) is 56.5 Å². The zero-order valence-electron chi connectivity index (χ0n) is 18.2. The lowest BCUT2D eigenvalue weighted by atomic mass is 10.0. The fourth-order valence-electron chi connectivity index (χ4n) is 3.68. The van der Waals surface area contributed by atoms with Crippen LogP contribution in [0, 0.1) is 13.8 Å². The Labute approximate surface area is 182 Å². The van der Waals surface area contributed by atoms with Crippen LogP contribution in [-0.2, 0) is 9.59 Å². The molecule has 0 aliphatic carbocycles. The standard InChI is InChI=1S/C24H29N3O4/c1-16-7-8-22(17(2)13-16)31-15-23(29)27-11-9-20(10-12-27)26-24(30)19-5-4-6-21(14-19)25-18(3)28/h4-8,13-14,20H,9-12,15H2,1-3H3,(H,25,28)(H,26,30). The van der Waals surface area contributed by atoms with Gasteiger partial charge in [-0.25, -0.2) is 0 Å². The molecule has 1 heterocycles. The number of amides is 3. The Balaban J connectivity index is 1.46. The molecule has 0 spiro atoms. The van der Waals surface area contributed by atoms with E-state index in [0.717, 1.165) is 16.9 Å². The third-order valence-corrected chi connectivity index (χ3v) is 5.31. The third-order valence-electron chi connectivity index (χ3n) is 5.31. The summed E-state index contributed by atoms with van der Waals surface area (Å²) >= 11 is 0. The highest BCUT2D eigenvalue weighted by atomic mass is 16.5. The van der Waals surface area contributed by atoms with Crippen molar-refractivity contribution < 1.29 is 19.1 Å². The second-order valence-electron chi connectivity index (χ2n) is 7.95. The number of nitrogens with one attached hydrogen (secondary N) is 2. The summed E-state index contributed by atoms with van der Waals surface area (Å²) in [7, 11) is 0. The van der Waals surface area contributed by atoms with Gasteiger partial charge in [0.1, 0.15) is 5.75 Å². The van der Waals surface area contributed by atoms with Gasteiger partial charge in [0.25, 0.3) is 11.8 Å². The summed E-state index contributed by atoms with van der Waals surface area (Å²) in [6.07, 6.45) is 1.37. The fraction of sp³-hybridized carbons (Fsp3) is 0.375. The van der Waals surface area contributed by atoms with Crippen molar-refractivity contribution in [3.05, 3.63) is 59.2 Å². The summed E-state index contributed by atoms with van der Waals surface area (Å²) in [6, 6.07) is 12.7. The van der Waals surface area contributed by atoms with Crippen LogP contribution < -0.4 is 15.4 Å². The van der Waals surface area contributed by atoms with Crippen molar-refractivity contribution in [1.82, 2.24) is 10.2 Å². The minimum Gasteiger partial charge on any atom is -0.484 e. The van der Waals surface area contributed by atoms with Gasteiger partial charge in [0.05, 0.1) is 0 Å². The summed E-state index contributed by atoms with van der Waals surface area (Å²) in [5, 5.41) is 5.70. The topological polar surface area (TPSA) is 87.7 Å². The number of ether oxygens (including phenoxy) is 1. The van der Waals surface area contributed by atoms with E-state index in [0.29, 0.717) is 37.2 Å². The number of hydrogen-bond acceptors (Lipinski definition) is 4. The first-order chi connectivity index (χ1) is 14.8. The molecule has 0 radical (unpaired) electrons. The van der Waals surface area contributed by atoms with Gasteiger partial charge >= 0.3 is 0 Å². The Kier molecular flexibility index (Phi) is 7.28. The van der Waals surface area contributed by atoms with E-state index in [4.69, 9.17) is 4.74 Å². The van der Waals surface area contributed by atoms with Gasteiger partial charge in [-0.1, -0.05) is 23.8 Å². The quantitative estimate of drug-likeness (QED) is 0.748. The second kappa shape index (κ2) is 10.1. The first-order valence-corrected chi connectivity index (χ1v) is 10.5. The van der Waals surface area contributed by atoms with E-state index in [2.05, 4.69) is 10.6 Å². The molecular weight excluding hydrogens is 394 g/mol. The van der Waals surface area contributed by atoms with E-state index in [1.54, 1.807) is 29.2 Å². The molecule has 3 amide bonds. The summed E-state index contributed by atoms with van der Waals surface area (Å²) in [6.45, 7) is 6.57. The molecule has 0 aromatic heterocycles. The number of nitrogens with zero attached hydrogens (tertiary/aromatic N) is 1. The molecule has 2 aromatic rings. The maximum Gasteiger partial charge on any atom is 0.260 e. The maximum atomic E-state index is 12.6. The maximum absolute atomic E-state index is 12.6. The van der Waals surface area contributed by atoms with Gasteiger partial charge in [-0.15, -0.1) is 0 Å². The first-order valence-electron chi connectivity index (χ1n) is 10.5. The fourth-order valence-corrected chi connectivity index (χ4v) is 3.68. The van der Waals surface area contributed by atoms with Crippen LogP contribution in [0.3, 0.4) is 0 Å². The molecule has 1 aliphatic heterocycles. The highest BCUT2D eigenvalue weighted by Crippen LogP contribution is 2.19. The number of carbonyl (C=O) groups is 3. The van der Waals surface area contributed by atoms with E-state index in [1.807, 2.05) is 32.0 Å². The minimum absolute atomic E-state index is 0.00114. The van der Waals surface area contributed by atoms with Crippen molar-refractivity contribution in [3.8, 4) is 5.75 Å². The Morgan fingerprint density at radius 3 is 2.48 bits per heavy atom. The van der Waals surface area contributed by atoms with E-state index in [9.17, 15) is 14.4 Å². The number of piperidine rings is 1. The third kappa shape index (κ3) is 6.31. The van der Waals surface area contributed by atoms with Crippen LogP contribution in [0.25, 0.3) is 0 Å². The molecule has 1 aliphatic rings. The van der Waals surface area contributed by atoms with Crippen LogP contribution in [0.1, 0.15) is 41.3 Å². The van der Waals surface area contributed by atoms with Crippen molar-refractivity contribution in [2.45, 2.75) is 39.7 Å². The molecule has 0 saturated carbocycles. The first kappa shape index (κ1) is 22.3. The van der Waals surface area contributed by atoms with Crippen LogP contribution in [0.4, 0.5) is 5.69 Å². The molecule has 1 fully saturated rings. The van der Waals surface area contributed by atoms with E-state index >= 15 is 0 Å². The Hall–Kier alpha value is -3.35. The summed E-state index contributed by atoms with van der Waals surface area (Å²) in [5.41, 5.74) is 3.25. The predicted molar refractivity (Wildman–Crippen MR) is 119 cm³/mol. The molecule has 0 bridgehead atoms. The average molecular weight is 424 g/mol. The van der Waals surface area contributed by atoms with Crippen LogP contribution in [0.5, 0.6) is 5.75 Å². The molecular formula is C24H29N3O4. The zero-order valence-corrected chi connectivity index (χ0v) is 18.2. The predicted octanol–water partition coefficient (Wildman–Crippen LogP) is 3.06. The average Bonchev–Trinajstić information content (AvgIpc) is 2.73. The van der Waals surface area contributed by atoms with E-state index in [-0.39, 0.29) is 30.4 Å². The van der Waals surface area contributed by atoms with Gasteiger partial charge in [-0.2, -0.15) is 0 Å². The molecule has 2 N–H and O–H groups in total. The van der Waals surface area contributed by atoms with Crippen molar-refractivity contribution in [2.24, 2.45) is 0 Å². The van der Waals surface area contributed by atoms with E-state index in [1.165, 1.54) is 6.92 Å². The van der Waals surface area contributed by atoms with Gasteiger partial charge in [-0.3, -0.25) is 14.4 Å². The molecule has 2 aromatic carbocycles. The SMILES string of the molecule is CC(=O)Nc1cccc(C(=O)NC2CCN(C(=O)COc3ccc(C)cc3C)CC2)c1. The smallest absolute Gasteiger partial charge is 0.260 e. The Morgan fingerprint density at radius 2 is 1.81 bits per heavy atom. The largest absolute Gasteiger partial charge is 0.484 e. The number of rotatable bonds is 6. The van der Waals surface area contributed by atoms with Crippen LogP contribution in [0.15, 0.2) is 42.5 Å². The number of carbonyl (C=O) groups excluding carboxylic acids is 3. The minimum atomic E-state index is -0.185. The van der Waals surface area contributed by atoms with Crippen LogP contribution in [-0.4, -0.2) is 48.4 Å². The molecule has 1 saturated heterocycles. The van der Waals surface area contributed by atoms with Crippen molar-refractivity contribution >= 4 is 23.4 Å². The molecule has 3 rings (SSSR count). The van der Waals surface area contributed by atoms with Gasteiger partial charge in [0, 0.05) is 37.3 Å². The summed E-state index contributed by atoms with van der Waals surface area (Å²) in [4.78, 5) is 38.0. The monoisotopic (exact) mass is 423 g/mol. The normalized spacial score (nSPS) is 14.1. The Bertz CT molecular complexity index is 965. The van der Waals surface area contributed by atoms with Gasteiger partial charge in [0.15, 0.2) is 6.61 Å². The molecule has 0 atom stereocenters. The second-order valence-corrected chi connectivity index (χ2v) is 7.95. The highest BCUT2D eigenvalue weighted by molar-refractivity contribution is 5.97. The van der Waals surface area contributed by atoms with Crippen molar-refractivity contribution in [2.75, 3.05) is 25.0 Å². The molecule has 7 nitrogen and oxygen atoms in total. The Morgan fingerprint density at radius 1 is 1.06 bits per heavy atom.